The van der Waals surface area contributed by atoms with E-state index in [-0.39, 0.29) is 16.8 Å². The second-order valence-electron chi connectivity index (χ2n) is 6.61. The van der Waals surface area contributed by atoms with Crippen molar-refractivity contribution in [2.75, 3.05) is 20.1 Å². The molecule has 0 saturated carbocycles. The Bertz CT molecular complexity index is 891. The molecule has 8 nitrogen and oxygen atoms in total. The van der Waals surface area contributed by atoms with Crippen LogP contribution in [0.5, 0.6) is 0 Å². The van der Waals surface area contributed by atoms with Gasteiger partial charge in [-0.3, -0.25) is 4.79 Å². The van der Waals surface area contributed by atoms with E-state index in [4.69, 9.17) is 5.73 Å². The molecule has 3 N–H and O–H groups in total. The summed E-state index contributed by atoms with van der Waals surface area (Å²) >= 11 is 0. The molecule has 1 aliphatic rings. The molecule has 1 aliphatic heterocycles. The van der Waals surface area contributed by atoms with Crippen LogP contribution in [0.4, 0.5) is 0 Å². The van der Waals surface area contributed by atoms with E-state index in [1.54, 1.807) is 13.2 Å². The fraction of sp³-hybridized carbons (Fsp3) is 0.412. The van der Waals surface area contributed by atoms with Gasteiger partial charge in [-0.15, -0.1) is 0 Å². The molecule has 0 aliphatic carbocycles. The second-order valence-corrected chi connectivity index (χ2v) is 8.55. The Morgan fingerprint density at radius 1 is 1.38 bits per heavy atom. The molecule has 0 spiro atoms. The number of nitrogens with zero attached hydrogens (tertiary/aromatic N) is 3. The number of aromatic amines is 1. The zero-order chi connectivity index (χ0) is 18.9. The lowest BCUT2D eigenvalue weighted by Gasteiger charge is -2.18. The second kappa shape index (κ2) is 7.18. The van der Waals surface area contributed by atoms with E-state index in [1.807, 2.05) is 6.92 Å². The normalized spacial score (nSPS) is 18.2. The summed E-state index contributed by atoms with van der Waals surface area (Å²) in [6, 6.07) is 5.89. The molecule has 140 valence electrons. The molecule has 26 heavy (non-hydrogen) atoms. The summed E-state index contributed by atoms with van der Waals surface area (Å²) in [7, 11) is -1.89. The predicted octanol–water partition coefficient (Wildman–Crippen LogP) is 0.712. The van der Waals surface area contributed by atoms with Gasteiger partial charge in [-0.25, -0.2) is 13.4 Å². The van der Waals surface area contributed by atoms with Gasteiger partial charge < -0.3 is 15.6 Å². The summed E-state index contributed by atoms with van der Waals surface area (Å²) in [5.74, 6) is 0.495. The molecule has 3 rings (SSSR count). The molecule has 0 radical (unpaired) electrons. The van der Waals surface area contributed by atoms with Crippen LogP contribution in [0.2, 0.25) is 0 Å². The first-order valence-electron chi connectivity index (χ1n) is 8.39. The lowest BCUT2D eigenvalue weighted by atomic mass is 10.2. The van der Waals surface area contributed by atoms with E-state index in [1.165, 1.54) is 33.5 Å². The van der Waals surface area contributed by atoms with Crippen LogP contribution in [0.1, 0.15) is 28.3 Å². The number of nitrogens with one attached hydrogen (secondary N) is 1. The first kappa shape index (κ1) is 18.6. The minimum absolute atomic E-state index is 0.121. The molecule has 2 heterocycles. The van der Waals surface area contributed by atoms with Crippen molar-refractivity contribution in [2.24, 2.45) is 5.73 Å². The Kier molecular flexibility index (Phi) is 5.12. The van der Waals surface area contributed by atoms with Crippen LogP contribution in [0, 0.1) is 6.92 Å². The number of rotatable bonds is 5. The molecule has 0 unspecified atom stereocenters. The minimum Gasteiger partial charge on any atom is -0.345 e. The smallest absolute Gasteiger partial charge is 0.254 e. The number of carbonyl (C=O) groups excluding carboxylic acids is 1. The molecular formula is C17H23N5O3S. The Hall–Kier alpha value is -2.23. The van der Waals surface area contributed by atoms with E-state index >= 15 is 0 Å². The molecule has 0 bridgehead atoms. The number of imidazole rings is 1. The largest absolute Gasteiger partial charge is 0.345 e. The van der Waals surface area contributed by atoms with Gasteiger partial charge in [0.1, 0.15) is 5.82 Å². The minimum atomic E-state index is -3.57. The highest BCUT2D eigenvalue weighted by molar-refractivity contribution is 7.89. The summed E-state index contributed by atoms with van der Waals surface area (Å²) in [6.45, 7) is 2.99. The van der Waals surface area contributed by atoms with Crippen molar-refractivity contribution < 1.29 is 13.2 Å². The summed E-state index contributed by atoms with van der Waals surface area (Å²) in [6.07, 6.45) is 2.37. The highest BCUT2D eigenvalue weighted by Gasteiger charge is 2.31. The Balaban J connectivity index is 1.71. The topological polar surface area (TPSA) is 112 Å². The number of sulfonamides is 1. The van der Waals surface area contributed by atoms with Crippen molar-refractivity contribution in [1.29, 1.82) is 0 Å². The molecule has 9 heteroatoms. The van der Waals surface area contributed by atoms with Gasteiger partial charge in [0.2, 0.25) is 10.0 Å². The Morgan fingerprint density at radius 3 is 2.62 bits per heavy atom. The van der Waals surface area contributed by atoms with Crippen LogP contribution >= 0.6 is 0 Å². The number of carbonyl (C=O) groups is 1. The molecule has 1 amide bonds. The van der Waals surface area contributed by atoms with Crippen molar-refractivity contribution in [2.45, 2.75) is 30.8 Å². The van der Waals surface area contributed by atoms with Gasteiger partial charge in [0.15, 0.2) is 0 Å². The summed E-state index contributed by atoms with van der Waals surface area (Å²) in [5, 5.41) is 0. The van der Waals surface area contributed by atoms with Crippen LogP contribution in [0.15, 0.2) is 35.4 Å². The molecular weight excluding hydrogens is 354 g/mol. The summed E-state index contributed by atoms with van der Waals surface area (Å²) in [4.78, 5) is 21.5. The third kappa shape index (κ3) is 3.79. The number of nitrogens with two attached hydrogens (primary N) is 1. The fourth-order valence-electron chi connectivity index (χ4n) is 2.95. The number of amides is 1. The van der Waals surface area contributed by atoms with Gasteiger partial charge in [0, 0.05) is 43.6 Å². The summed E-state index contributed by atoms with van der Waals surface area (Å²) < 4.78 is 26.6. The van der Waals surface area contributed by atoms with Crippen molar-refractivity contribution in [3.63, 3.8) is 0 Å². The number of hydrogen-bond acceptors (Lipinski definition) is 5. The molecule has 1 fully saturated rings. The van der Waals surface area contributed by atoms with Crippen molar-refractivity contribution in [1.82, 2.24) is 19.2 Å². The van der Waals surface area contributed by atoms with Gasteiger partial charge in [-0.1, -0.05) is 0 Å². The first-order chi connectivity index (χ1) is 12.3. The molecule has 2 aromatic rings. The van der Waals surface area contributed by atoms with Crippen molar-refractivity contribution >= 4 is 15.9 Å². The van der Waals surface area contributed by atoms with Crippen LogP contribution in [-0.4, -0.2) is 59.7 Å². The van der Waals surface area contributed by atoms with Gasteiger partial charge in [-0.05, 0) is 37.6 Å². The standard InChI is InChI=1S/C17H23N5O3S/c1-12-9-19-16(20-12)11-21(2)17(23)13-3-5-15(6-4-13)26(24,25)22-8-7-14(18)10-22/h3-6,9,14H,7-8,10-11,18H2,1-2H3,(H,19,20)/t14-/m1/s1. The van der Waals surface area contributed by atoms with Gasteiger partial charge >= 0.3 is 0 Å². The monoisotopic (exact) mass is 377 g/mol. The maximum absolute atomic E-state index is 12.6. The average molecular weight is 377 g/mol. The SMILES string of the molecule is Cc1cnc(CN(C)C(=O)c2ccc(S(=O)(=O)N3CC[C@@H](N)C3)cc2)[nH]1. The quantitative estimate of drug-likeness (QED) is 0.797. The molecule has 1 atom stereocenters. The first-order valence-corrected chi connectivity index (χ1v) is 9.83. The third-order valence-corrected chi connectivity index (χ3v) is 6.29. The number of aryl methyl sites for hydroxylation is 1. The fourth-order valence-corrected chi connectivity index (χ4v) is 4.47. The summed E-state index contributed by atoms with van der Waals surface area (Å²) in [5.41, 5.74) is 7.15. The lowest BCUT2D eigenvalue weighted by molar-refractivity contribution is 0.0781. The highest BCUT2D eigenvalue weighted by atomic mass is 32.2. The molecule has 1 saturated heterocycles. The maximum Gasteiger partial charge on any atom is 0.254 e. The van der Waals surface area contributed by atoms with Gasteiger partial charge in [-0.2, -0.15) is 4.31 Å². The van der Waals surface area contributed by atoms with Crippen LogP contribution in [0.25, 0.3) is 0 Å². The number of benzene rings is 1. The maximum atomic E-state index is 12.6. The number of hydrogen-bond donors (Lipinski definition) is 2. The van der Waals surface area contributed by atoms with Gasteiger partial charge in [0.05, 0.1) is 11.4 Å². The molecule has 1 aromatic carbocycles. The van der Waals surface area contributed by atoms with Crippen LogP contribution < -0.4 is 5.73 Å². The highest BCUT2D eigenvalue weighted by Crippen LogP contribution is 2.21. The average Bonchev–Trinajstić information content (AvgIpc) is 3.23. The number of aromatic nitrogens is 2. The third-order valence-electron chi connectivity index (χ3n) is 4.42. The van der Waals surface area contributed by atoms with Crippen molar-refractivity contribution in [3.8, 4) is 0 Å². The van der Waals surface area contributed by atoms with Crippen molar-refractivity contribution in [3.05, 3.63) is 47.5 Å². The lowest BCUT2D eigenvalue weighted by Crippen LogP contribution is -2.32. The Labute approximate surface area is 153 Å². The predicted molar refractivity (Wildman–Crippen MR) is 96.9 cm³/mol. The van der Waals surface area contributed by atoms with E-state index in [0.29, 0.717) is 37.4 Å². The van der Waals surface area contributed by atoms with E-state index in [9.17, 15) is 13.2 Å². The van der Waals surface area contributed by atoms with Gasteiger partial charge in [0.25, 0.3) is 5.91 Å². The Morgan fingerprint density at radius 2 is 2.08 bits per heavy atom. The number of H-pyrrole nitrogens is 1. The molecule has 1 aromatic heterocycles. The zero-order valence-corrected chi connectivity index (χ0v) is 15.7. The van der Waals surface area contributed by atoms with Crippen LogP contribution in [0.3, 0.4) is 0 Å². The van der Waals surface area contributed by atoms with E-state index in [0.717, 1.165) is 5.69 Å². The van der Waals surface area contributed by atoms with E-state index < -0.39 is 10.0 Å². The van der Waals surface area contributed by atoms with Crippen LogP contribution in [-0.2, 0) is 16.6 Å². The zero-order valence-electron chi connectivity index (χ0n) is 14.8. The van der Waals surface area contributed by atoms with E-state index in [2.05, 4.69) is 9.97 Å².